The molecule has 3 rings (SSSR count). The number of halogens is 1. The summed E-state index contributed by atoms with van der Waals surface area (Å²) in [6.07, 6.45) is 1.55. The van der Waals surface area contributed by atoms with Crippen molar-refractivity contribution in [3.8, 4) is 0 Å². The Bertz CT molecular complexity index is 811. The minimum atomic E-state index is -1.53. The Morgan fingerprint density at radius 2 is 2.13 bits per heavy atom. The van der Waals surface area contributed by atoms with Crippen LogP contribution in [-0.2, 0) is 6.42 Å². The van der Waals surface area contributed by atoms with Gasteiger partial charge >= 0.3 is 11.7 Å². The van der Waals surface area contributed by atoms with Crippen molar-refractivity contribution < 1.29 is 14.8 Å². The summed E-state index contributed by atoms with van der Waals surface area (Å²) in [4.78, 5) is 28.9. The molecule has 1 atom stereocenters. The average Bonchev–Trinajstić information content (AvgIpc) is 2.89. The molecule has 1 unspecified atom stereocenters. The van der Waals surface area contributed by atoms with Crippen LogP contribution in [0.3, 0.4) is 0 Å². The van der Waals surface area contributed by atoms with E-state index in [4.69, 9.17) is 16.7 Å². The number of aryl methyl sites for hydroxylation is 1. The van der Waals surface area contributed by atoms with Gasteiger partial charge in [-0.25, -0.2) is 9.78 Å². The predicted octanol–water partition coefficient (Wildman–Crippen LogP) is 2.84. The zero-order chi connectivity index (χ0) is 16.6. The summed E-state index contributed by atoms with van der Waals surface area (Å²) < 4.78 is 0. The molecule has 8 nitrogen and oxygen atoms in total. The van der Waals surface area contributed by atoms with Crippen LogP contribution in [-0.4, -0.2) is 26.0 Å². The highest BCUT2D eigenvalue weighted by Gasteiger charge is 2.32. The van der Waals surface area contributed by atoms with E-state index in [0.717, 1.165) is 24.0 Å². The lowest BCUT2D eigenvalue weighted by Gasteiger charge is -2.15. The molecule has 0 spiro atoms. The topological polar surface area (TPSA) is 118 Å². The lowest BCUT2D eigenvalue weighted by molar-refractivity contribution is -0.384. The van der Waals surface area contributed by atoms with Gasteiger partial charge in [-0.05, 0) is 35.6 Å². The van der Waals surface area contributed by atoms with Gasteiger partial charge in [-0.2, -0.15) is 4.98 Å². The number of nitrogens with zero attached hydrogens (tertiary/aromatic N) is 3. The number of aromatic nitrogens is 2. The highest BCUT2D eigenvalue weighted by Crippen LogP contribution is 2.36. The molecule has 0 aliphatic heterocycles. The zero-order valence-electron chi connectivity index (χ0n) is 11.7. The lowest BCUT2D eigenvalue weighted by atomic mass is 10.1. The fourth-order valence-corrected chi connectivity index (χ4v) is 2.89. The number of benzene rings is 1. The standard InChI is InChI=1S/C14H11ClN4O4/c15-14-17-10(13(20)21)11(19(22)23)12(18-14)16-9-6-5-7-3-1-2-4-8(7)9/h1-4,9H,5-6H2,(H,20,21)(H,16,17,18). The molecule has 0 bridgehead atoms. The average molecular weight is 335 g/mol. The second-order valence-corrected chi connectivity index (χ2v) is 5.37. The summed E-state index contributed by atoms with van der Waals surface area (Å²) in [7, 11) is 0. The van der Waals surface area contributed by atoms with E-state index in [-0.39, 0.29) is 17.1 Å². The first-order chi connectivity index (χ1) is 11.0. The minimum Gasteiger partial charge on any atom is -0.476 e. The first kappa shape index (κ1) is 15.2. The summed E-state index contributed by atoms with van der Waals surface area (Å²) in [6, 6.07) is 7.52. The van der Waals surface area contributed by atoms with Crippen LogP contribution in [0, 0.1) is 10.1 Å². The summed E-state index contributed by atoms with van der Waals surface area (Å²) in [5.74, 6) is -1.72. The molecule has 2 N–H and O–H groups in total. The molecular weight excluding hydrogens is 324 g/mol. The van der Waals surface area contributed by atoms with Gasteiger partial charge in [0.25, 0.3) is 0 Å². The number of carbonyl (C=O) groups is 1. The summed E-state index contributed by atoms with van der Waals surface area (Å²) >= 11 is 5.71. The van der Waals surface area contributed by atoms with Crippen LogP contribution in [0.5, 0.6) is 0 Å². The van der Waals surface area contributed by atoms with Crippen molar-refractivity contribution in [2.45, 2.75) is 18.9 Å². The van der Waals surface area contributed by atoms with Crippen molar-refractivity contribution in [1.29, 1.82) is 0 Å². The number of anilines is 1. The molecule has 0 saturated heterocycles. The van der Waals surface area contributed by atoms with Gasteiger partial charge in [0.15, 0.2) is 0 Å². The molecule has 118 valence electrons. The second-order valence-electron chi connectivity index (χ2n) is 5.04. The van der Waals surface area contributed by atoms with Crippen LogP contribution in [0.2, 0.25) is 5.28 Å². The second kappa shape index (κ2) is 5.81. The van der Waals surface area contributed by atoms with E-state index >= 15 is 0 Å². The highest BCUT2D eigenvalue weighted by molar-refractivity contribution is 6.28. The Balaban J connectivity index is 2.04. The fraction of sp³-hybridized carbons (Fsp3) is 0.214. The van der Waals surface area contributed by atoms with E-state index in [2.05, 4.69) is 15.3 Å². The number of hydrogen-bond acceptors (Lipinski definition) is 6. The Kier molecular flexibility index (Phi) is 3.83. The molecule has 1 heterocycles. The summed E-state index contributed by atoms with van der Waals surface area (Å²) in [5, 5.41) is 22.9. The number of carboxylic acids is 1. The maximum Gasteiger partial charge on any atom is 0.362 e. The molecule has 1 aromatic carbocycles. The van der Waals surface area contributed by atoms with E-state index in [1.165, 1.54) is 0 Å². The van der Waals surface area contributed by atoms with Crippen molar-refractivity contribution in [2.24, 2.45) is 0 Å². The van der Waals surface area contributed by atoms with E-state index in [1.807, 2.05) is 24.3 Å². The van der Waals surface area contributed by atoms with Crippen molar-refractivity contribution in [1.82, 2.24) is 9.97 Å². The SMILES string of the molecule is O=C(O)c1nc(Cl)nc(NC2CCc3ccccc32)c1[N+](=O)[O-]. The van der Waals surface area contributed by atoms with Gasteiger partial charge in [0.2, 0.25) is 16.8 Å². The third-order valence-corrected chi connectivity index (χ3v) is 3.85. The van der Waals surface area contributed by atoms with E-state index in [9.17, 15) is 14.9 Å². The van der Waals surface area contributed by atoms with Gasteiger partial charge in [-0.15, -0.1) is 0 Å². The van der Waals surface area contributed by atoms with E-state index in [0.29, 0.717) is 0 Å². The molecule has 23 heavy (non-hydrogen) atoms. The highest BCUT2D eigenvalue weighted by atomic mass is 35.5. The minimum absolute atomic E-state index is 0.186. The zero-order valence-corrected chi connectivity index (χ0v) is 12.4. The number of rotatable bonds is 4. The van der Waals surface area contributed by atoms with Gasteiger partial charge in [0, 0.05) is 0 Å². The number of hydrogen-bond donors (Lipinski definition) is 2. The van der Waals surface area contributed by atoms with Crippen LogP contribution in [0.4, 0.5) is 11.5 Å². The molecule has 1 aliphatic carbocycles. The first-order valence-corrected chi connectivity index (χ1v) is 7.14. The molecule has 1 aromatic heterocycles. The number of nitrogens with one attached hydrogen (secondary N) is 1. The normalized spacial score (nSPS) is 16.0. The first-order valence-electron chi connectivity index (χ1n) is 6.77. The molecule has 0 amide bonds. The molecule has 0 fully saturated rings. The lowest BCUT2D eigenvalue weighted by Crippen LogP contribution is -2.15. The van der Waals surface area contributed by atoms with Gasteiger partial charge in [-0.3, -0.25) is 10.1 Å². The van der Waals surface area contributed by atoms with Gasteiger partial charge in [0.05, 0.1) is 11.0 Å². The maximum absolute atomic E-state index is 11.3. The Morgan fingerprint density at radius 1 is 1.39 bits per heavy atom. The Morgan fingerprint density at radius 3 is 2.83 bits per heavy atom. The molecule has 0 radical (unpaired) electrons. The number of aromatic carboxylic acids is 1. The third-order valence-electron chi connectivity index (χ3n) is 3.69. The number of fused-ring (bicyclic) bond motifs is 1. The molecule has 2 aromatic rings. The van der Waals surface area contributed by atoms with Gasteiger partial charge in [0.1, 0.15) is 0 Å². The van der Waals surface area contributed by atoms with Crippen LogP contribution in [0.25, 0.3) is 0 Å². The van der Waals surface area contributed by atoms with E-state index < -0.39 is 22.3 Å². The summed E-state index contributed by atoms with van der Waals surface area (Å²) in [5.41, 5.74) is 0.731. The van der Waals surface area contributed by atoms with Gasteiger partial charge in [-0.1, -0.05) is 24.3 Å². The van der Waals surface area contributed by atoms with Crippen LogP contribution in [0.15, 0.2) is 24.3 Å². The fourth-order valence-electron chi connectivity index (χ4n) is 2.72. The molecule has 1 aliphatic rings. The quantitative estimate of drug-likeness (QED) is 0.501. The Hall–Kier alpha value is -2.74. The number of nitro groups is 1. The predicted molar refractivity (Wildman–Crippen MR) is 81.8 cm³/mol. The van der Waals surface area contributed by atoms with E-state index in [1.54, 1.807) is 0 Å². The van der Waals surface area contributed by atoms with Crippen LogP contribution in [0.1, 0.15) is 34.1 Å². The largest absolute Gasteiger partial charge is 0.476 e. The molecule has 9 heteroatoms. The van der Waals surface area contributed by atoms with Crippen molar-refractivity contribution in [3.63, 3.8) is 0 Å². The smallest absolute Gasteiger partial charge is 0.362 e. The van der Waals surface area contributed by atoms with Gasteiger partial charge < -0.3 is 10.4 Å². The van der Waals surface area contributed by atoms with Crippen molar-refractivity contribution >= 4 is 29.1 Å². The Labute approximate surface area is 135 Å². The van der Waals surface area contributed by atoms with Crippen LogP contribution >= 0.6 is 11.6 Å². The summed E-state index contributed by atoms with van der Waals surface area (Å²) in [6.45, 7) is 0. The molecule has 0 saturated carbocycles. The third kappa shape index (κ3) is 2.80. The maximum atomic E-state index is 11.3. The monoisotopic (exact) mass is 334 g/mol. The van der Waals surface area contributed by atoms with Crippen LogP contribution < -0.4 is 5.32 Å². The molecular formula is C14H11ClN4O4. The van der Waals surface area contributed by atoms with Crippen molar-refractivity contribution in [2.75, 3.05) is 5.32 Å². The van der Waals surface area contributed by atoms with Crippen molar-refractivity contribution in [3.05, 3.63) is 56.5 Å². The number of carboxylic acid groups (broad SMARTS) is 1.